The van der Waals surface area contributed by atoms with Gasteiger partial charge in [0.25, 0.3) is 5.91 Å². The zero-order chi connectivity index (χ0) is 24.2. The number of aryl methyl sites for hydroxylation is 1. The lowest BCUT2D eigenvalue weighted by molar-refractivity contribution is -0.137. The standard InChI is InChI=1S/C28H23F3N2O/c1-20-10-8-17-25(32-20)27(19-21-11-4-2-5-12-21,33-26(34)22-13-6-3-7-14-22)23-15-9-16-24(18-23)28(29,30)31/h2-18H,19H2,1H3,(H,33,34). The predicted molar refractivity (Wildman–Crippen MR) is 125 cm³/mol. The lowest BCUT2D eigenvalue weighted by atomic mass is 9.79. The van der Waals surface area contributed by atoms with Crippen LogP contribution in [0.25, 0.3) is 0 Å². The number of pyridine rings is 1. The van der Waals surface area contributed by atoms with Gasteiger partial charge in [-0.25, -0.2) is 0 Å². The van der Waals surface area contributed by atoms with E-state index in [4.69, 9.17) is 0 Å². The van der Waals surface area contributed by atoms with E-state index in [1.54, 1.807) is 48.5 Å². The number of alkyl halides is 3. The first-order valence-corrected chi connectivity index (χ1v) is 10.8. The van der Waals surface area contributed by atoms with E-state index in [2.05, 4.69) is 10.3 Å². The fourth-order valence-electron chi connectivity index (χ4n) is 4.02. The van der Waals surface area contributed by atoms with Crippen LogP contribution in [0.15, 0.2) is 103 Å². The third-order valence-electron chi connectivity index (χ3n) is 5.68. The molecule has 0 aliphatic heterocycles. The summed E-state index contributed by atoms with van der Waals surface area (Å²) in [7, 11) is 0. The molecule has 6 heteroatoms. The number of aromatic nitrogens is 1. The Labute approximate surface area is 196 Å². The summed E-state index contributed by atoms with van der Waals surface area (Å²) >= 11 is 0. The molecule has 172 valence electrons. The van der Waals surface area contributed by atoms with Crippen LogP contribution in [0.1, 0.15) is 38.4 Å². The Morgan fingerprint density at radius 2 is 1.41 bits per heavy atom. The van der Waals surface area contributed by atoms with Gasteiger partial charge < -0.3 is 5.32 Å². The normalized spacial score (nSPS) is 13.2. The Morgan fingerprint density at radius 3 is 2.06 bits per heavy atom. The quantitative estimate of drug-likeness (QED) is 0.366. The second-order valence-electron chi connectivity index (χ2n) is 8.13. The van der Waals surface area contributed by atoms with Crippen LogP contribution < -0.4 is 5.32 Å². The summed E-state index contributed by atoms with van der Waals surface area (Å²) in [4.78, 5) is 18.1. The van der Waals surface area contributed by atoms with Crippen molar-refractivity contribution in [2.45, 2.75) is 25.1 Å². The molecule has 3 nitrogen and oxygen atoms in total. The summed E-state index contributed by atoms with van der Waals surface area (Å²) in [6.45, 7) is 1.81. The van der Waals surface area contributed by atoms with Crippen LogP contribution in [0, 0.1) is 6.92 Å². The van der Waals surface area contributed by atoms with Crippen molar-refractivity contribution in [2.75, 3.05) is 0 Å². The average Bonchev–Trinajstić information content (AvgIpc) is 2.84. The van der Waals surface area contributed by atoms with Gasteiger partial charge in [0.15, 0.2) is 0 Å². The van der Waals surface area contributed by atoms with Crippen LogP contribution in [0.2, 0.25) is 0 Å². The minimum atomic E-state index is -4.53. The van der Waals surface area contributed by atoms with Crippen molar-refractivity contribution in [1.29, 1.82) is 0 Å². The monoisotopic (exact) mass is 460 g/mol. The van der Waals surface area contributed by atoms with Gasteiger partial charge in [0.05, 0.1) is 11.3 Å². The van der Waals surface area contributed by atoms with E-state index < -0.39 is 23.2 Å². The van der Waals surface area contributed by atoms with E-state index in [1.807, 2.05) is 43.3 Å². The van der Waals surface area contributed by atoms with Gasteiger partial charge >= 0.3 is 6.18 Å². The van der Waals surface area contributed by atoms with Gasteiger partial charge in [-0.3, -0.25) is 9.78 Å². The Hall–Kier alpha value is -3.93. The zero-order valence-corrected chi connectivity index (χ0v) is 18.5. The van der Waals surface area contributed by atoms with Crippen LogP contribution in [0.5, 0.6) is 0 Å². The predicted octanol–water partition coefficient (Wildman–Crippen LogP) is 6.33. The summed E-state index contributed by atoms with van der Waals surface area (Å²) in [5.41, 5.74) is 0.561. The molecule has 1 aromatic heterocycles. The molecule has 0 saturated heterocycles. The summed E-state index contributed by atoms with van der Waals surface area (Å²) < 4.78 is 41.0. The first kappa shape index (κ1) is 23.2. The van der Waals surface area contributed by atoms with E-state index in [0.717, 1.165) is 17.7 Å². The number of carbonyl (C=O) groups excluding carboxylic acids is 1. The van der Waals surface area contributed by atoms with Crippen molar-refractivity contribution in [3.8, 4) is 0 Å². The van der Waals surface area contributed by atoms with Crippen molar-refractivity contribution in [3.05, 3.63) is 137 Å². The van der Waals surface area contributed by atoms with Crippen molar-refractivity contribution < 1.29 is 18.0 Å². The van der Waals surface area contributed by atoms with Crippen LogP contribution in [0.3, 0.4) is 0 Å². The Bertz CT molecular complexity index is 1270. The molecule has 0 spiro atoms. The minimum absolute atomic E-state index is 0.212. The maximum Gasteiger partial charge on any atom is 0.416 e. The SMILES string of the molecule is Cc1cccc(C(Cc2ccccc2)(NC(=O)c2ccccc2)c2cccc(C(F)(F)F)c2)n1. The van der Waals surface area contributed by atoms with Gasteiger partial charge in [0, 0.05) is 17.7 Å². The number of halogens is 3. The Morgan fingerprint density at radius 1 is 0.794 bits per heavy atom. The van der Waals surface area contributed by atoms with Gasteiger partial charge in [-0.15, -0.1) is 0 Å². The van der Waals surface area contributed by atoms with Gasteiger partial charge in [-0.1, -0.05) is 66.7 Å². The zero-order valence-electron chi connectivity index (χ0n) is 18.5. The number of carbonyl (C=O) groups is 1. The number of rotatable bonds is 6. The van der Waals surface area contributed by atoms with Crippen LogP contribution in [0.4, 0.5) is 13.2 Å². The molecule has 3 aromatic carbocycles. The topological polar surface area (TPSA) is 42.0 Å². The molecule has 1 amide bonds. The molecule has 1 heterocycles. The van der Waals surface area contributed by atoms with E-state index in [1.165, 1.54) is 6.07 Å². The lowest BCUT2D eigenvalue weighted by Gasteiger charge is -2.36. The summed E-state index contributed by atoms with van der Waals surface area (Å²) in [6.07, 6.45) is -4.32. The highest BCUT2D eigenvalue weighted by Gasteiger charge is 2.40. The molecule has 1 N–H and O–H groups in total. The molecule has 0 aliphatic carbocycles. The molecule has 4 aromatic rings. The second-order valence-corrected chi connectivity index (χ2v) is 8.13. The molecule has 0 saturated carbocycles. The fourth-order valence-corrected chi connectivity index (χ4v) is 4.02. The van der Waals surface area contributed by atoms with Crippen molar-refractivity contribution in [1.82, 2.24) is 10.3 Å². The Kier molecular flexibility index (Phi) is 6.50. The third kappa shape index (κ3) is 5.01. The molecule has 0 aliphatic rings. The van der Waals surface area contributed by atoms with E-state index >= 15 is 0 Å². The highest BCUT2D eigenvalue weighted by Crippen LogP contribution is 2.37. The first-order chi connectivity index (χ1) is 16.3. The van der Waals surface area contributed by atoms with E-state index in [0.29, 0.717) is 22.5 Å². The van der Waals surface area contributed by atoms with Gasteiger partial charge in [0.1, 0.15) is 5.54 Å². The van der Waals surface area contributed by atoms with Gasteiger partial charge in [0.2, 0.25) is 0 Å². The molecule has 0 bridgehead atoms. The van der Waals surface area contributed by atoms with Crippen LogP contribution >= 0.6 is 0 Å². The summed E-state index contributed by atoms with van der Waals surface area (Å²) in [5.74, 6) is -0.405. The number of hydrogen-bond donors (Lipinski definition) is 1. The number of nitrogens with zero attached hydrogens (tertiary/aromatic N) is 1. The molecule has 1 atom stereocenters. The van der Waals surface area contributed by atoms with Crippen LogP contribution in [-0.4, -0.2) is 10.9 Å². The highest BCUT2D eigenvalue weighted by molar-refractivity contribution is 5.95. The summed E-state index contributed by atoms with van der Waals surface area (Å²) in [6, 6.07) is 28.4. The first-order valence-electron chi connectivity index (χ1n) is 10.8. The minimum Gasteiger partial charge on any atom is -0.337 e. The molecule has 34 heavy (non-hydrogen) atoms. The number of benzene rings is 3. The molecule has 4 rings (SSSR count). The largest absolute Gasteiger partial charge is 0.416 e. The molecule has 0 radical (unpaired) electrons. The Balaban J connectivity index is 1.96. The summed E-state index contributed by atoms with van der Waals surface area (Å²) in [5, 5.41) is 3.06. The smallest absolute Gasteiger partial charge is 0.337 e. The maximum absolute atomic E-state index is 13.7. The van der Waals surface area contributed by atoms with E-state index in [9.17, 15) is 18.0 Å². The molecule has 1 unspecified atom stereocenters. The maximum atomic E-state index is 13.7. The van der Waals surface area contributed by atoms with Gasteiger partial charge in [-0.05, 0) is 54.4 Å². The number of hydrogen-bond acceptors (Lipinski definition) is 2. The number of nitrogens with one attached hydrogen (secondary N) is 1. The molecular formula is C28H23F3N2O. The lowest BCUT2D eigenvalue weighted by Crippen LogP contribution is -2.49. The fraction of sp³-hybridized carbons (Fsp3) is 0.143. The average molecular weight is 460 g/mol. The van der Waals surface area contributed by atoms with Crippen LogP contribution in [-0.2, 0) is 18.1 Å². The highest BCUT2D eigenvalue weighted by atomic mass is 19.4. The molecular weight excluding hydrogens is 437 g/mol. The van der Waals surface area contributed by atoms with Crippen molar-refractivity contribution >= 4 is 5.91 Å². The van der Waals surface area contributed by atoms with Crippen molar-refractivity contribution in [3.63, 3.8) is 0 Å². The third-order valence-corrected chi connectivity index (χ3v) is 5.68. The second kappa shape index (κ2) is 9.51. The van der Waals surface area contributed by atoms with Gasteiger partial charge in [-0.2, -0.15) is 13.2 Å². The number of amides is 1. The van der Waals surface area contributed by atoms with Crippen molar-refractivity contribution in [2.24, 2.45) is 0 Å². The molecule has 0 fully saturated rings. The van der Waals surface area contributed by atoms with E-state index in [-0.39, 0.29) is 6.42 Å².